The summed E-state index contributed by atoms with van der Waals surface area (Å²) in [5, 5.41) is 0. The fourth-order valence-corrected chi connectivity index (χ4v) is 3.60. The zero-order valence-electron chi connectivity index (χ0n) is 17.8. The first-order valence-corrected chi connectivity index (χ1v) is 11.0. The molecule has 0 radical (unpaired) electrons. The smallest absolute Gasteiger partial charge is 0.173 e. The molecule has 2 heteroatoms. The van der Waals surface area contributed by atoms with E-state index in [0.717, 1.165) is 18.7 Å². The molecule has 0 atom stereocenters. The Labute approximate surface area is 176 Å². The Bertz CT molecular complexity index is 862. The molecule has 2 aromatic heterocycles. The zero-order valence-corrected chi connectivity index (χ0v) is 17.8. The fourth-order valence-electron chi connectivity index (χ4n) is 3.60. The predicted molar refractivity (Wildman–Crippen MR) is 121 cm³/mol. The molecule has 150 valence electrons. The highest BCUT2D eigenvalue weighted by Crippen LogP contribution is 2.16. The minimum Gasteiger partial charge on any atom is -0.205 e. The van der Waals surface area contributed by atoms with Gasteiger partial charge in [-0.3, -0.25) is 0 Å². The van der Waals surface area contributed by atoms with E-state index < -0.39 is 0 Å². The Morgan fingerprint density at radius 3 is 1.83 bits per heavy atom. The second-order valence-electron chi connectivity index (χ2n) is 7.80. The summed E-state index contributed by atoms with van der Waals surface area (Å²) in [5.41, 5.74) is 4.98. The van der Waals surface area contributed by atoms with Crippen LogP contribution in [0.1, 0.15) is 56.6 Å². The van der Waals surface area contributed by atoms with Crippen molar-refractivity contribution in [3.63, 3.8) is 0 Å². The number of hydrogen-bond acceptors (Lipinski definition) is 0. The highest BCUT2D eigenvalue weighted by molar-refractivity contribution is 5.60. The molecule has 0 N–H and O–H groups in total. The molecule has 3 rings (SSSR count). The maximum Gasteiger partial charge on any atom is 0.173 e. The van der Waals surface area contributed by atoms with Crippen molar-refractivity contribution in [1.29, 1.82) is 0 Å². The van der Waals surface area contributed by atoms with Gasteiger partial charge in [-0.05, 0) is 23.1 Å². The van der Waals surface area contributed by atoms with E-state index in [-0.39, 0.29) is 0 Å². The Morgan fingerprint density at radius 1 is 0.690 bits per heavy atom. The van der Waals surface area contributed by atoms with Crippen LogP contribution < -0.4 is 9.13 Å². The first-order chi connectivity index (χ1) is 14.3. The minimum absolute atomic E-state index is 0.880. The van der Waals surface area contributed by atoms with Gasteiger partial charge in [0.25, 0.3) is 0 Å². The highest BCUT2D eigenvalue weighted by Gasteiger charge is 2.07. The molecule has 0 saturated carbocycles. The highest BCUT2D eigenvalue weighted by atomic mass is 14.9. The zero-order chi connectivity index (χ0) is 20.3. The van der Waals surface area contributed by atoms with E-state index in [1.165, 1.54) is 55.2 Å². The third-order valence-electron chi connectivity index (χ3n) is 5.47. The monoisotopic (exact) mass is 386 g/mol. The van der Waals surface area contributed by atoms with E-state index in [1.54, 1.807) is 0 Å². The lowest BCUT2D eigenvalue weighted by atomic mass is 10.1. The topological polar surface area (TPSA) is 7.76 Å². The molecule has 0 spiro atoms. The lowest BCUT2D eigenvalue weighted by Crippen LogP contribution is -2.33. The van der Waals surface area contributed by atoms with Crippen LogP contribution >= 0.6 is 0 Å². The van der Waals surface area contributed by atoms with Crippen molar-refractivity contribution in [2.24, 2.45) is 0 Å². The second kappa shape index (κ2) is 11.3. The summed E-state index contributed by atoms with van der Waals surface area (Å²) in [6.45, 7) is 8.08. The number of benzene rings is 1. The van der Waals surface area contributed by atoms with Crippen LogP contribution in [0.15, 0.2) is 79.9 Å². The number of aryl methyl sites for hydroxylation is 1. The number of nitrogens with zero attached hydrogens (tertiary/aromatic N) is 2. The van der Waals surface area contributed by atoms with Crippen LogP contribution in [0.3, 0.4) is 0 Å². The Hall–Kier alpha value is -2.74. The predicted octanol–water partition coefficient (Wildman–Crippen LogP) is 5.98. The maximum atomic E-state index is 3.81. The lowest BCUT2D eigenvalue weighted by Gasteiger charge is -2.03. The van der Waals surface area contributed by atoms with Gasteiger partial charge in [-0.1, -0.05) is 69.5 Å². The summed E-state index contributed by atoms with van der Waals surface area (Å²) in [4.78, 5) is 0. The van der Waals surface area contributed by atoms with E-state index in [9.17, 15) is 0 Å². The van der Waals surface area contributed by atoms with Gasteiger partial charge in [-0.2, -0.15) is 0 Å². The van der Waals surface area contributed by atoms with Crippen LogP contribution in [0.25, 0.3) is 17.2 Å². The molecule has 0 saturated heterocycles. The maximum absolute atomic E-state index is 3.81. The quantitative estimate of drug-likeness (QED) is 0.283. The standard InChI is InChI=1S/C27H34N2/c1-3-5-6-7-8-9-18-28-19-14-26(15-20-28)27-16-21-29(22-17-27)23-25-12-10-24(4-2)11-13-25/h4,10-17,19-22H,2-3,5-9,18,23H2,1H3/q+2. The normalized spacial score (nSPS) is 10.8. The molecule has 0 unspecified atom stereocenters. The number of aromatic nitrogens is 2. The van der Waals surface area contributed by atoms with Crippen LogP contribution in [0.5, 0.6) is 0 Å². The first-order valence-electron chi connectivity index (χ1n) is 11.0. The Balaban J connectivity index is 1.51. The fraction of sp³-hybridized carbons (Fsp3) is 0.333. The SMILES string of the molecule is C=Cc1ccc(C[n+]2ccc(-c3cc[n+](CCCCCCCC)cc3)cc2)cc1. The van der Waals surface area contributed by atoms with Gasteiger partial charge in [0.05, 0.1) is 0 Å². The molecular weight excluding hydrogens is 352 g/mol. The van der Waals surface area contributed by atoms with Crippen molar-refractivity contribution >= 4 is 6.08 Å². The summed E-state index contributed by atoms with van der Waals surface area (Å²) < 4.78 is 4.52. The molecule has 29 heavy (non-hydrogen) atoms. The molecule has 3 aromatic rings. The van der Waals surface area contributed by atoms with E-state index in [2.05, 4.69) is 96.0 Å². The number of pyridine rings is 2. The Kier molecular flexibility index (Phi) is 8.18. The molecule has 0 aliphatic carbocycles. The molecule has 0 bridgehead atoms. The van der Waals surface area contributed by atoms with Crippen molar-refractivity contribution in [1.82, 2.24) is 0 Å². The van der Waals surface area contributed by atoms with Crippen molar-refractivity contribution in [2.75, 3.05) is 0 Å². The molecule has 0 fully saturated rings. The van der Waals surface area contributed by atoms with Gasteiger partial charge >= 0.3 is 0 Å². The van der Waals surface area contributed by atoms with Gasteiger partial charge < -0.3 is 0 Å². The van der Waals surface area contributed by atoms with Gasteiger partial charge in [-0.15, -0.1) is 0 Å². The van der Waals surface area contributed by atoms with Crippen molar-refractivity contribution in [3.8, 4) is 11.1 Å². The molecule has 2 heterocycles. The van der Waals surface area contributed by atoms with Crippen LogP contribution in [0.4, 0.5) is 0 Å². The number of hydrogen-bond donors (Lipinski definition) is 0. The van der Waals surface area contributed by atoms with E-state index in [4.69, 9.17) is 0 Å². The van der Waals surface area contributed by atoms with Crippen molar-refractivity contribution in [3.05, 3.63) is 91.0 Å². The molecular formula is C27H34N2+2. The van der Waals surface area contributed by atoms with Gasteiger partial charge in [-0.25, -0.2) is 9.13 Å². The van der Waals surface area contributed by atoms with Crippen molar-refractivity contribution < 1.29 is 9.13 Å². The first kappa shape index (κ1) is 21.0. The van der Waals surface area contributed by atoms with E-state index in [1.807, 2.05) is 6.08 Å². The number of unbranched alkanes of at least 4 members (excludes halogenated alkanes) is 5. The third kappa shape index (κ3) is 6.67. The average Bonchev–Trinajstić information content (AvgIpc) is 2.78. The van der Waals surface area contributed by atoms with E-state index >= 15 is 0 Å². The lowest BCUT2D eigenvalue weighted by molar-refractivity contribution is -0.697. The minimum atomic E-state index is 0.880. The van der Waals surface area contributed by atoms with Gasteiger partial charge in [0.2, 0.25) is 0 Å². The van der Waals surface area contributed by atoms with Crippen LogP contribution in [0, 0.1) is 0 Å². The van der Waals surface area contributed by atoms with Gasteiger partial charge in [0, 0.05) is 36.2 Å². The third-order valence-corrected chi connectivity index (χ3v) is 5.47. The molecule has 1 aromatic carbocycles. The summed E-state index contributed by atoms with van der Waals surface area (Å²) in [6.07, 6.45) is 18.7. The summed E-state index contributed by atoms with van der Waals surface area (Å²) in [7, 11) is 0. The van der Waals surface area contributed by atoms with Crippen LogP contribution in [-0.2, 0) is 13.1 Å². The molecule has 2 nitrogen and oxygen atoms in total. The molecule has 0 aliphatic rings. The Morgan fingerprint density at radius 2 is 1.24 bits per heavy atom. The summed E-state index contributed by atoms with van der Waals surface area (Å²) in [6, 6.07) is 17.4. The number of rotatable bonds is 11. The van der Waals surface area contributed by atoms with E-state index in [0.29, 0.717) is 0 Å². The van der Waals surface area contributed by atoms with Gasteiger partial charge in [0.15, 0.2) is 31.3 Å². The molecule has 0 amide bonds. The van der Waals surface area contributed by atoms with Gasteiger partial charge in [0.1, 0.15) is 6.54 Å². The summed E-state index contributed by atoms with van der Waals surface area (Å²) in [5.74, 6) is 0. The molecule has 0 aliphatic heterocycles. The largest absolute Gasteiger partial charge is 0.205 e. The van der Waals surface area contributed by atoms with Crippen LogP contribution in [-0.4, -0.2) is 0 Å². The van der Waals surface area contributed by atoms with Crippen LogP contribution in [0.2, 0.25) is 0 Å². The average molecular weight is 387 g/mol. The summed E-state index contributed by atoms with van der Waals surface area (Å²) >= 11 is 0. The second-order valence-corrected chi connectivity index (χ2v) is 7.80. The van der Waals surface area contributed by atoms with Crippen molar-refractivity contribution in [2.45, 2.75) is 58.5 Å².